The number of rotatable bonds is 6. The zero-order valence-electron chi connectivity index (χ0n) is 25.3. The number of hydrogen-bond acceptors (Lipinski definition) is 10. The summed E-state index contributed by atoms with van der Waals surface area (Å²) in [5, 5.41) is 78.2. The molecular formula is C34H36O14. The summed E-state index contributed by atoms with van der Waals surface area (Å²) in [4.78, 5) is 40.8. The molecule has 1 aliphatic rings. The van der Waals surface area contributed by atoms with E-state index in [9.17, 15) is 24.3 Å². The predicted octanol–water partition coefficient (Wildman–Crippen LogP) is 2.32. The average molecular weight is 669 g/mol. The molecule has 14 heteroatoms. The van der Waals surface area contributed by atoms with E-state index in [-0.39, 0.29) is 0 Å². The van der Waals surface area contributed by atoms with Crippen LogP contribution in [0, 0.1) is 0 Å². The molecule has 0 saturated carbocycles. The number of aromatic carboxylic acids is 4. The van der Waals surface area contributed by atoms with Crippen molar-refractivity contribution in [3.63, 3.8) is 0 Å². The van der Waals surface area contributed by atoms with Gasteiger partial charge in [0, 0.05) is 0 Å². The maximum absolute atomic E-state index is 10.2. The van der Waals surface area contributed by atoms with Crippen LogP contribution in [0.5, 0.6) is 0 Å². The summed E-state index contributed by atoms with van der Waals surface area (Å²) in [7, 11) is 0. The molecule has 4 atom stereocenters. The Labute approximate surface area is 274 Å². The van der Waals surface area contributed by atoms with E-state index < -0.39 is 61.2 Å². The van der Waals surface area contributed by atoms with Crippen LogP contribution in [-0.4, -0.2) is 107 Å². The highest BCUT2D eigenvalue weighted by atomic mass is 16.7. The van der Waals surface area contributed by atoms with Crippen LogP contribution in [0.15, 0.2) is 121 Å². The van der Waals surface area contributed by atoms with Crippen molar-refractivity contribution in [1.82, 2.24) is 0 Å². The Morgan fingerprint density at radius 1 is 0.521 bits per heavy atom. The van der Waals surface area contributed by atoms with Gasteiger partial charge in [-0.1, -0.05) is 72.8 Å². The maximum Gasteiger partial charge on any atom is 0.335 e. The number of carbonyl (C=O) groups is 4. The molecule has 0 aromatic heterocycles. The van der Waals surface area contributed by atoms with Crippen LogP contribution in [0.2, 0.25) is 0 Å². The Morgan fingerprint density at radius 3 is 0.896 bits per heavy atom. The van der Waals surface area contributed by atoms with Crippen LogP contribution in [0.1, 0.15) is 41.4 Å². The van der Waals surface area contributed by atoms with E-state index in [1.54, 1.807) is 121 Å². The van der Waals surface area contributed by atoms with Gasteiger partial charge in [0.2, 0.25) is 5.79 Å². The minimum Gasteiger partial charge on any atom is -0.478 e. The Bertz CT molecular complexity index is 1320. The van der Waals surface area contributed by atoms with Gasteiger partial charge in [0.15, 0.2) is 0 Å². The number of benzene rings is 4. The van der Waals surface area contributed by atoms with Crippen molar-refractivity contribution in [2.45, 2.75) is 24.1 Å². The van der Waals surface area contributed by atoms with Gasteiger partial charge in [-0.15, -0.1) is 0 Å². The summed E-state index contributed by atoms with van der Waals surface area (Å²) in [5.74, 6) is -5.68. The average Bonchev–Trinajstić information content (AvgIpc) is 3.34. The first-order valence-electron chi connectivity index (χ1n) is 13.9. The van der Waals surface area contributed by atoms with E-state index >= 15 is 0 Å². The molecule has 0 spiro atoms. The maximum atomic E-state index is 10.2. The normalized spacial score (nSPS) is 18.7. The summed E-state index contributed by atoms with van der Waals surface area (Å²) in [5.41, 5.74) is 1.32. The molecule has 1 aliphatic heterocycles. The second-order valence-electron chi connectivity index (χ2n) is 9.46. The van der Waals surface area contributed by atoms with E-state index in [0.29, 0.717) is 22.3 Å². The third kappa shape index (κ3) is 14.3. The third-order valence-electron chi connectivity index (χ3n) is 6.01. The molecule has 0 bridgehead atoms. The van der Waals surface area contributed by atoms with Crippen molar-refractivity contribution in [3.8, 4) is 0 Å². The van der Waals surface area contributed by atoms with Gasteiger partial charge in [-0.05, 0) is 48.5 Å². The lowest BCUT2D eigenvalue weighted by atomic mass is 10.1. The molecule has 0 aliphatic carbocycles. The lowest BCUT2D eigenvalue weighted by Gasteiger charge is -2.22. The van der Waals surface area contributed by atoms with Crippen LogP contribution < -0.4 is 0 Å². The molecule has 14 nitrogen and oxygen atoms in total. The molecule has 9 N–H and O–H groups in total. The van der Waals surface area contributed by atoms with Gasteiger partial charge in [-0.3, -0.25) is 0 Å². The fourth-order valence-corrected chi connectivity index (χ4v) is 3.47. The van der Waals surface area contributed by atoms with Gasteiger partial charge in [0.25, 0.3) is 0 Å². The Hall–Kier alpha value is -5.48. The standard InChI is InChI=1S/4C7H6O2.C6H12O6/c4*8-7(9)6-4-2-1-3-5-6;7-1-3-4(9)5(10)6(11,2-8)12-3/h4*1-5H,(H,8,9);3-5,7-11H,1-2H2/t;;;;3-,4-,5+,6?/m....1/s1. The summed E-state index contributed by atoms with van der Waals surface area (Å²) in [6, 6.07) is 33.2. The molecule has 1 heterocycles. The monoisotopic (exact) mass is 668 g/mol. The molecule has 256 valence electrons. The van der Waals surface area contributed by atoms with E-state index in [4.69, 9.17) is 40.9 Å². The van der Waals surface area contributed by atoms with Crippen molar-refractivity contribution < 1.29 is 69.9 Å². The summed E-state index contributed by atoms with van der Waals surface area (Å²) in [6.45, 7) is -1.36. The molecule has 1 unspecified atom stereocenters. The van der Waals surface area contributed by atoms with Crippen LogP contribution in [0.4, 0.5) is 0 Å². The van der Waals surface area contributed by atoms with Gasteiger partial charge >= 0.3 is 23.9 Å². The molecular weight excluding hydrogens is 632 g/mol. The van der Waals surface area contributed by atoms with Gasteiger partial charge in [0.1, 0.15) is 18.3 Å². The highest BCUT2D eigenvalue weighted by Gasteiger charge is 2.52. The first kappa shape index (κ1) is 40.5. The largest absolute Gasteiger partial charge is 0.478 e. The lowest BCUT2D eigenvalue weighted by molar-refractivity contribution is -0.248. The molecule has 1 fully saturated rings. The van der Waals surface area contributed by atoms with Crippen LogP contribution in [-0.2, 0) is 4.74 Å². The van der Waals surface area contributed by atoms with E-state index in [2.05, 4.69) is 4.74 Å². The molecule has 1 saturated heterocycles. The van der Waals surface area contributed by atoms with Crippen molar-refractivity contribution in [2.75, 3.05) is 13.2 Å². The second kappa shape index (κ2) is 21.3. The van der Waals surface area contributed by atoms with E-state index in [1.165, 1.54) is 0 Å². The summed E-state index contributed by atoms with van der Waals surface area (Å²) in [6.07, 6.45) is -4.04. The lowest BCUT2D eigenvalue weighted by Crippen LogP contribution is -2.46. The highest BCUT2D eigenvalue weighted by molar-refractivity contribution is 5.88. The number of hydrogen-bond donors (Lipinski definition) is 9. The van der Waals surface area contributed by atoms with Crippen molar-refractivity contribution in [3.05, 3.63) is 144 Å². The van der Waals surface area contributed by atoms with Gasteiger partial charge in [-0.2, -0.15) is 0 Å². The first-order valence-corrected chi connectivity index (χ1v) is 13.9. The van der Waals surface area contributed by atoms with Gasteiger partial charge in [-0.25, -0.2) is 19.2 Å². The SMILES string of the molecule is O=C(O)c1ccccc1.O=C(O)c1ccccc1.O=C(O)c1ccccc1.O=C(O)c1ccccc1.OC[C@H]1OC(O)(CO)[C@@H](O)[C@@H]1O. The fourth-order valence-electron chi connectivity index (χ4n) is 3.47. The molecule has 48 heavy (non-hydrogen) atoms. The molecule has 4 aromatic carbocycles. The number of ether oxygens (including phenoxy) is 1. The summed E-state index contributed by atoms with van der Waals surface area (Å²) >= 11 is 0. The third-order valence-corrected chi connectivity index (χ3v) is 6.01. The molecule has 5 rings (SSSR count). The Kier molecular flexibility index (Phi) is 18.0. The van der Waals surface area contributed by atoms with Crippen molar-refractivity contribution in [1.29, 1.82) is 0 Å². The number of carboxylic acid groups (broad SMARTS) is 4. The molecule has 4 aromatic rings. The van der Waals surface area contributed by atoms with Crippen LogP contribution >= 0.6 is 0 Å². The number of aliphatic hydroxyl groups excluding tert-OH is 4. The molecule has 0 amide bonds. The topological polar surface area (TPSA) is 260 Å². The predicted molar refractivity (Wildman–Crippen MR) is 170 cm³/mol. The molecule has 0 radical (unpaired) electrons. The van der Waals surface area contributed by atoms with E-state index in [0.717, 1.165) is 0 Å². The highest BCUT2D eigenvalue weighted by Crippen LogP contribution is 2.28. The Balaban J connectivity index is 0.000000302. The first-order chi connectivity index (χ1) is 22.8. The number of aliphatic hydroxyl groups is 5. The minimum atomic E-state index is -2.16. The smallest absolute Gasteiger partial charge is 0.335 e. The van der Waals surface area contributed by atoms with Gasteiger partial charge in [0.05, 0.1) is 35.5 Å². The van der Waals surface area contributed by atoms with E-state index in [1.807, 2.05) is 0 Å². The van der Waals surface area contributed by atoms with Crippen molar-refractivity contribution in [2.24, 2.45) is 0 Å². The minimum absolute atomic E-state index is 0.331. The zero-order valence-corrected chi connectivity index (χ0v) is 25.3. The zero-order chi connectivity index (χ0) is 36.1. The second-order valence-corrected chi connectivity index (χ2v) is 9.46. The van der Waals surface area contributed by atoms with Crippen LogP contribution in [0.3, 0.4) is 0 Å². The van der Waals surface area contributed by atoms with Gasteiger partial charge < -0.3 is 50.7 Å². The fraction of sp³-hybridized carbons (Fsp3) is 0.176. The number of carboxylic acids is 4. The van der Waals surface area contributed by atoms with Crippen LogP contribution in [0.25, 0.3) is 0 Å². The quantitative estimate of drug-likeness (QED) is 0.143. The Morgan fingerprint density at radius 2 is 0.771 bits per heavy atom. The summed E-state index contributed by atoms with van der Waals surface area (Å²) < 4.78 is 4.63. The van der Waals surface area contributed by atoms with Crippen molar-refractivity contribution >= 4 is 23.9 Å².